The highest BCUT2D eigenvalue weighted by Crippen LogP contribution is 2.47. The maximum absolute atomic E-state index is 12.4. The van der Waals surface area contributed by atoms with Crippen molar-refractivity contribution in [1.82, 2.24) is 4.90 Å². The number of rotatable bonds is 6. The van der Waals surface area contributed by atoms with Crippen LogP contribution in [0.3, 0.4) is 0 Å². The Morgan fingerprint density at radius 3 is 2.18 bits per heavy atom. The van der Waals surface area contributed by atoms with E-state index in [1.165, 1.54) is 0 Å². The SMILES string of the molecule is CC.CC1=C(c2ccc(O)cc2)C(c2ccc(OC3CN(CCC(F)(F)F)C3)cc2)Oc2cc(O)ccc21. The maximum Gasteiger partial charge on any atom is 0.390 e. The van der Waals surface area contributed by atoms with Crippen molar-refractivity contribution < 1.29 is 32.9 Å². The standard InChI is InChI=1S/C28H26F3NO4.C2H6/c1-17-24-11-8-21(34)14-25(24)36-27(26(17)18-2-6-20(33)7-3-18)19-4-9-22(10-5-19)35-23-15-32(16-23)13-12-28(29,30)31;1-2/h2-11,14,23,27,33-34H,12-13,15-16H2,1H3;1-2H3. The summed E-state index contributed by atoms with van der Waals surface area (Å²) in [4.78, 5) is 1.73. The fraction of sp³-hybridized carbons (Fsp3) is 0.333. The predicted molar refractivity (Wildman–Crippen MR) is 141 cm³/mol. The van der Waals surface area contributed by atoms with E-state index in [4.69, 9.17) is 9.47 Å². The molecule has 2 aliphatic rings. The fourth-order valence-corrected chi connectivity index (χ4v) is 4.67. The third kappa shape index (κ3) is 6.25. The smallest absolute Gasteiger partial charge is 0.390 e. The van der Waals surface area contributed by atoms with Crippen molar-refractivity contribution in [2.45, 2.75) is 45.6 Å². The number of aromatic hydroxyl groups is 2. The zero-order chi connectivity index (χ0) is 27.4. The Balaban J connectivity index is 0.00000164. The number of benzene rings is 3. The summed E-state index contributed by atoms with van der Waals surface area (Å²) in [5, 5.41) is 19.7. The van der Waals surface area contributed by atoms with Gasteiger partial charge in [0.15, 0.2) is 0 Å². The minimum Gasteiger partial charge on any atom is -0.508 e. The van der Waals surface area contributed by atoms with Crippen molar-refractivity contribution in [1.29, 1.82) is 0 Å². The number of phenolic OH excluding ortho intramolecular Hbond substituents is 2. The van der Waals surface area contributed by atoms with Gasteiger partial charge in [-0.2, -0.15) is 13.2 Å². The molecule has 1 saturated heterocycles. The molecular formula is C30H32F3NO4. The van der Waals surface area contributed by atoms with E-state index < -0.39 is 18.7 Å². The van der Waals surface area contributed by atoms with Gasteiger partial charge in [0.1, 0.15) is 35.2 Å². The van der Waals surface area contributed by atoms with Gasteiger partial charge in [0.05, 0.1) is 6.42 Å². The molecule has 202 valence electrons. The summed E-state index contributed by atoms with van der Waals surface area (Å²) in [7, 11) is 0. The molecule has 38 heavy (non-hydrogen) atoms. The van der Waals surface area contributed by atoms with Gasteiger partial charge in [-0.25, -0.2) is 0 Å². The Bertz CT molecular complexity index is 1260. The highest BCUT2D eigenvalue weighted by molar-refractivity contribution is 5.95. The summed E-state index contributed by atoms with van der Waals surface area (Å²) in [6.07, 6.45) is -5.56. The average molecular weight is 528 g/mol. The van der Waals surface area contributed by atoms with E-state index >= 15 is 0 Å². The van der Waals surface area contributed by atoms with Crippen molar-refractivity contribution in [3.8, 4) is 23.0 Å². The van der Waals surface area contributed by atoms with Crippen LogP contribution in [0.25, 0.3) is 11.1 Å². The van der Waals surface area contributed by atoms with Gasteiger partial charge < -0.3 is 19.7 Å². The molecule has 2 N–H and O–H groups in total. The third-order valence-corrected chi connectivity index (χ3v) is 6.58. The molecule has 0 radical (unpaired) electrons. The van der Waals surface area contributed by atoms with E-state index in [0.717, 1.165) is 27.8 Å². The Morgan fingerprint density at radius 2 is 1.55 bits per heavy atom. The molecule has 2 heterocycles. The molecule has 0 saturated carbocycles. The van der Waals surface area contributed by atoms with Gasteiger partial charge in [-0.15, -0.1) is 0 Å². The molecule has 2 aliphatic heterocycles. The second-order valence-electron chi connectivity index (χ2n) is 9.20. The lowest BCUT2D eigenvalue weighted by molar-refractivity contribution is -0.142. The van der Waals surface area contributed by atoms with Crippen molar-refractivity contribution in [2.24, 2.45) is 0 Å². The van der Waals surface area contributed by atoms with Crippen LogP contribution < -0.4 is 9.47 Å². The van der Waals surface area contributed by atoms with Crippen LogP contribution in [0.1, 0.15) is 50.0 Å². The van der Waals surface area contributed by atoms with Crippen LogP contribution in [0.4, 0.5) is 13.2 Å². The van der Waals surface area contributed by atoms with Gasteiger partial charge in [-0.3, -0.25) is 4.90 Å². The normalized spacial score (nSPS) is 17.6. The largest absolute Gasteiger partial charge is 0.508 e. The molecule has 5 rings (SSSR count). The second kappa shape index (κ2) is 11.4. The van der Waals surface area contributed by atoms with Crippen LogP contribution >= 0.6 is 0 Å². The minimum atomic E-state index is -4.14. The van der Waals surface area contributed by atoms with E-state index in [1.807, 2.05) is 63.2 Å². The first-order valence-electron chi connectivity index (χ1n) is 12.7. The quantitative estimate of drug-likeness (QED) is 0.355. The van der Waals surface area contributed by atoms with Crippen molar-refractivity contribution >= 4 is 11.1 Å². The molecule has 8 heteroatoms. The van der Waals surface area contributed by atoms with Crippen LogP contribution in [0.15, 0.2) is 66.7 Å². The lowest BCUT2D eigenvalue weighted by Gasteiger charge is -2.39. The van der Waals surface area contributed by atoms with Gasteiger partial charge in [0.2, 0.25) is 0 Å². The number of ether oxygens (including phenoxy) is 2. The van der Waals surface area contributed by atoms with Crippen molar-refractivity contribution in [2.75, 3.05) is 19.6 Å². The summed E-state index contributed by atoms with van der Waals surface area (Å²) in [5.74, 6) is 1.50. The van der Waals surface area contributed by atoms with Crippen molar-refractivity contribution in [3.05, 3.63) is 83.4 Å². The zero-order valence-corrected chi connectivity index (χ0v) is 21.6. The predicted octanol–water partition coefficient (Wildman–Crippen LogP) is 7.20. The van der Waals surface area contributed by atoms with Gasteiger partial charge in [0, 0.05) is 36.8 Å². The summed E-state index contributed by atoms with van der Waals surface area (Å²) in [5.41, 5.74) is 4.61. The fourth-order valence-electron chi connectivity index (χ4n) is 4.67. The number of alkyl halides is 3. The lowest BCUT2D eigenvalue weighted by Crippen LogP contribution is -2.54. The molecular weight excluding hydrogens is 495 g/mol. The zero-order valence-electron chi connectivity index (χ0n) is 21.6. The monoisotopic (exact) mass is 527 g/mol. The number of fused-ring (bicyclic) bond motifs is 1. The molecule has 0 bridgehead atoms. The van der Waals surface area contributed by atoms with Crippen LogP contribution in [0, 0.1) is 0 Å². The third-order valence-electron chi connectivity index (χ3n) is 6.58. The summed E-state index contributed by atoms with van der Waals surface area (Å²) >= 11 is 0. The number of halogens is 3. The van der Waals surface area contributed by atoms with Crippen molar-refractivity contribution in [3.63, 3.8) is 0 Å². The first kappa shape index (κ1) is 27.4. The molecule has 1 unspecified atom stereocenters. The Hall–Kier alpha value is -3.65. The number of hydrogen-bond donors (Lipinski definition) is 2. The average Bonchev–Trinajstić information content (AvgIpc) is 2.87. The molecule has 0 aromatic heterocycles. The molecule has 5 nitrogen and oxygen atoms in total. The molecule has 3 aromatic carbocycles. The Morgan fingerprint density at radius 1 is 0.921 bits per heavy atom. The van der Waals surface area contributed by atoms with Crippen LogP contribution in [-0.4, -0.2) is 47.0 Å². The number of allylic oxidation sites excluding steroid dienone is 1. The Kier molecular flexibility index (Phi) is 8.21. The minimum absolute atomic E-state index is 0.00985. The summed E-state index contributed by atoms with van der Waals surface area (Å²) < 4.78 is 49.5. The number of nitrogens with zero attached hydrogens (tertiary/aromatic N) is 1. The summed E-state index contributed by atoms with van der Waals surface area (Å²) in [6.45, 7) is 6.93. The molecule has 1 fully saturated rings. The maximum atomic E-state index is 12.4. The molecule has 0 aliphatic carbocycles. The van der Waals surface area contributed by atoms with E-state index in [9.17, 15) is 23.4 Å². The van der Waals surface area contributed by atoms with E-state index in [-0.39, 0.29) is 24.1 Å². The van der Waals surface area contributed by atoms with E-state index in [2.05, 4.69) is 0 Å². The molecule has 0 amide bonds. The van der Waals surface area contributed by atoms with Crippen LogP contribution in [0.2, 0.25) is 0 Å². The van der Waals surface area contributed by atoms with E-state index in [1.54, 1.807) is 29.2 Å². The molecule has 0 spiro atoms. The Labute approximate surface area is 220 Å². The first-order chi connectivity index (χ1) is 18.2. The lowest BCUT2D eigenvalue weighted by atomic mass is 9.86. The van der Waals surface area contributed by atoms with Gasteiger partial charge in [-0.1, -0.05) is 38.1 Å². The highest BCUT2D eigenvalue weighted by atomic mass is 19.4. The first-order valence-corrected chi connectivity index (χ1v) is 12.7. The highest BCUT2D eigenvalue weighted by Gasteiger charge is 2.34. The summed E-state index contributed by atoms with van der Waals surface area (Å²) in [6, 6.07) is 19.5. The van der Waals surface area contributed by atoms with Gasteiger partial charge >= 0.3 is 6.18 Å². The van der Waals surface area contributed by atoms with Crippen LogP contribution in [0.5, 0.6) is 23.0 Å². The number of phenols is 2. The number of likely N-dealkylation sites (tertiary alicyclic amines) is 1. The molecule has 1 atom stereocenters. The topological polar surface area (TPSA) is 62.2 Å². The second-order valence-corrected chi connectivity index (χ2v) is 9.20. The number of hydrogen-bond acceptors (Lipinski definition) is 5. The van der Waals surface area contributed by atoms with Crippen LogP contribution in [-0.2, 0) is 0 Å². The van der Waals surface area contributed by atoms with E-state index in [0.29, 0.717) is 24.6 Å². The van der Waals surface area contributed by atoms with Gasteiger partial charge in [0.25, 0.3) is 0 Å². The van der Waals surface area contributed by atoms with Gasteiger partial charge in [-0.05, 0) is 60.0 Å². The molecule has 3 aromatic rings.